The van der Waals surface area contributed by atoms with E-state index in [1.54, 1.807) is 0 Å². The van der Waals surface area contributed by atoms with Crippen molar-refractivity contribution in [1.82, 2.24) is 0 Å². The topological polar surface area (TPSA) is 49.7 Å². The van der Waals surface area contributed by atoms with Gasteiger partial charge in [0.2, 0.25) is 0 Å². The first-order valence-electron chi connectivity index (χ1n) is 9.27. The van der Waals surface area contributed by atoms with E-state index in [0.717, 1.165) is 28.4 Å². The Morgan fingerprint density at radius 2 is 1.63 bits per heavy atom. The minimum atomic E-state index is -0.0198. The third kappa shape index (κ3) is 3.68. The van der Waals surface area contributed by atoms with E-state index in [1.807, 2.05) is 60.7 Å². The van der Waals surface area contributed by atoms with Gasteiger partial charge in [-0.2, -0.15) is 0 Å². The number of carbonyl (C=O) groups excluding carboxylic acids is 1. The number of rotatable bonds is 3. The van der Waals surface area contributed by atoms with Gasteiger partial charge >= 0.3 is 0 Å². The van der Waals surface area contributed by atoms with Gasteiger partial charge in [-0.25, -0.2) is 0 Å². The number of hydrogen-bond donors (Lipinski definition) is 1. The van der Waals surface area contributed by atoms with Crippen LogP contribution in [0, 0.1) is 0 Å². The first-order chi connectivity index (χ1) is 13.2. The summed E-state index contributed by atoms with van der Waals surface area (Å²) in [6.07, 6.45) is 2.27. The molecule has 1 fully saturated rings. The van der Waals surface area contributed by atoms with Gasteiger partial charge in [-0.05, 0) is 41.3 Å². The predicted molar refractivity (Wildman–Crippen MR) is 110 cm³/mol. The van der Waals surface area contributed by atoms with Crippen LogP contribution in [-0.2, 0) is 11.2 Å². The van der Waals surface area contributed by atoms with Crippen molar-refractivity contribution in [2.24, 2.45) is 4.99 Å². The van der Waals surface area contributed by atoms with Crippen LogP contribution in [-0.4, -0.2) is 16.6 Å². The van der Waals surface area contributed by atoms with E-state index in [2.05, 4.69) is 17.1 Å². The fraction of sp³-hybridized carbons (Fsp3) is 0.167. The molecule has 1 aliphatic carbocycles. The van der Waals surface area contributed by atoms with Crippen LogP contribution in [0.1, 0.15) is 24.8 Å². The normalized spacial score (nSPS) is 18.1. The number of aliphatic imine (C=N–C) groups is 1. The lowest BCUT2D eigenvalue weighted by atomic mass is 9.88. The van der Waals surface area contributed by atoms with Crippen molar-refractivity contribution in [3.63, 3.8) is 0 Å². The van der Waals surface area contributed by atoms with Crippen LogP contribution in [0.15, 0.2) is 89.1 Å². The molecule has 27 heavy (non-hydrogen) atoms. The maximum absolute atomic E-state index is 12.6. The Hall–Kier alpha value is -3.20. The van der Waals surface area contributed by atoms with Crippen LogP contribution in [0.2, 0.25) is 0 Å². The number of ketones is 1. The van der Waals surface area contributed by atoms with E-state index in [4.69, 9.17) is 0 Å². The minimum Gasteiger partial charge on any atom is -0.511 e. The second kappa shape index (κ2) is 7.58. The number of Topliss-reactive ketones (excluding diaryl/α,β-unsaturated/α-hetero) is 1. The van der Waals surface area contributed by atoms with Crippen LogP contribution < -0.4 is 0 Å². The quantitative estimate of drug-likeness (QED) is 0.482. The Balaban J connectivity index is 1.75. The van der Waals surface area contributed by atoms with Gasteiger partial charge in [0, 0.05) is 12.8 Å². The second-order valence-electron chi connectivity index (χ2n) is 6.81. The summed E-state index contributed by atoms with van der Waals surface area (Å²) in [5.74, 6) is 0.0967. The fourth-order valence-electron chi connectivity index (χ4n) is 3.64. The number of aliphatic hydroxyl groups excluding tert-OH is 1. The number of aliphatic hydroxyl groups is 1. The maximum Gasteiger partial charge on any atom is 0.168 e. The molecule has 1 saturated carbocycles. The van der Waals surface area contributed by atoms with Gasteiger partial charge in [0.1, 0.15) is 5.76 Å². The Morgan fingerprint density at radius 3 is 2.48 bits per heavy atom. The van der Waals surface area contributed by atoms with Crippen molar-refractivity contribution in [2.75, 3.05) is 0 Å². The summed E-state index contributed by atoms with van der Waals surface area (Å²) >= 11 is 0. The molecular formula is C24H21NO2. The summed E-state index contributed by atoms with van der Waals surface area (Å²) in [7, 11) is 0. The summed E-state index contributed by atoms with van der Waals surface area (Å²) in [4.78, 5) is 17.2. The Morgan fingerprint density at radius 1 is 0.889 bits per heavy atom. The highest BCUT2D eigenvalue weighted by molar-refractivity contribution is 6.24. The lowest BCUT2D eigenvalue weighted by molar-refractivity contribution is -0.115. The predicted octanol–water partition coefficient (Wildman–Crippen LogP) is 5.72. The highest BCUT2D eigenvalue weighted by Gasteiger charge is 2.25. The Labute approximate surface area is 158 Å². The van der Waals surface area contributed by atoms with Crippen LogP contribution >= 0.6 is 0 Å². The molecule has 0 spiro atoms. The zero-order valence-corrected chi connectivity index (χ0v) is 15.1. The molecule has 0 aromatic heterocycles. The van der Waals surface area contributed by atoms with E-state index in [9.17, 15) is 9.90 Å². The Kier molecular flexibility index (Phi) is 4.84. The molecule has 0 bridgehead atoms. The summed E-state index contributed by atoms with van der Waals surface area (Å²) in [6.45, 7) is 0. The molecule has 0 saturated heterocycles. The highest BCUT2D eigenvalue weighted by atomic mass is 16.3. The second-order valence-corrected chi connectivity index (χ2v) is 6.81. The van der Waals surface area contributed by atoms with Crippen LogP contribution in [0.4, 0.5) is 5.69 Å². The summed E-state index contributed by atoms with van der Waals surface area (Å²) in [5.41, 5.74) is 2.90. The molecule has 0 unspecified atom stereocenters. The standard InChI is InChI=1S/C24H21NO2/c26-22-15-7-14-21(25-19-11-2-1-3-12-19)24(22)23(27)16-18-10-6-9-17-8-4-5-13-20(17)18/h1-6,8-13,27H,7,14-16H2. The zero-order chi connectivity index (χ0) is 18.6. The van der Waals surface area contributed by atoms with Crippen molar-refractivity contribution in [1.29, 1.82) is 0 Å². The molecule has 4 rings (SSSR count). The van der Waals surface area contributed by atoms with Gasteiger partial charge in [-0.15, -0.1) is 0 Å². The number of hydrogen-bond acceptors (Lipinski definition) is 3. The van der Waals surface area contributed by atoms with E-state index >= 15 is 0 Å². The molecule has 0 heterocycles. The Bertz CT molecular complexity index is 1040. The van der Waals surface area contributed by atoms with Crippen molar-refractivity contribution in [3.8, 4) is 0 Å². The zero-order valence-electron chi connectivity index (χ0n) is 15.1. The summed E-state index contributed by atoms with van der Waals surface area (Å²) in [6, 6.07) is 23.7. The lowest BCUT2D eigenvalue weighted by Crippen LogP contribution is -2.21. The molecule has 134 valence electrons. The van der Waals surface area contributed by atoms with E-state index in [0.29, 0.717) is 30.5 Å². The van der Waals surface area contributed by atoms with Crippen LogP contribution in [0.5, 0.6) is 0 Å². The van der Waals surface area contributed by atoms with Gasteiger partial charge < -0.3 is 5.11 Å². The number of para-hydroxylation sites is 1. The van der Waals surface area contributed by atoms with Crippen molar-refractivity contribution >= 4 is 28.0 Å². The molecule has 1 aliphatic rings. The molecule has 0 aliphatic heterocycles. The first-order valence-corrected chi connectivity index (χ1v) is 9.27. The molecule has 3 nitrogen and oxygen atoms in total. The molecule has 0 amide bonds. The maximum atomic E-state index is 12.6. The SMILES string of the molecule is O=C1CCCC(=Nc2ccccc2)C1=C(O)Cc1cccc2ccccc12. The van der Waals surface area contributed by atoms with E-state index in [1.165, 1.54) is 0 Å². The molecule has 3 heteroatoms. The van der Waals surface area contributed by atoms with E-state index < -0.39 is 0 Å². The van der Waals surface area contributed by atoms with Crippen molar-refractivity contribution in [2.45, 2.75) is 25.7 Å². The largest absolute Gasteiger partial charge is 0.511 e. The van der Waals surface area contributed by atoms with Crippen LogP contribution in [0.3, 0.4) is 0 Å². The van der Waals surface area contributed by atoms with Gasteiger partial charge in [0.25, 0.3) is 0 Å². The molecule has 3 aromatic rings. The smallest absolute Gasteiger partial charge is 0.168 e. The van der Waals surface area contributed by atoms with Gasteiger partial charge in [-0.1, -0.05) is 60.7 Å². The molecular weight excluding hydrogens is 334 g/mol. The summed E-state index contributed by atoms with van der Waals surface area (Å²) in [5, 5.41) is 13.1. The van der Waals surface area contributed by atoms with Gasteiger partial charge in [-0.3, -0.25) is 9.79 Å². The molecule has 0 radical (unpaired) electrons. The van der Waals surface area contributed by atoms with Crippen molar-refractivity contribution < 1.29 is 9.90 Å². The fourth-order valence-corrected chi connectivity index (χ4v) is 3.64. The number of allylic oxidation sites excluding steroid dienone is 2. The molecule has 1 N–H and O–H groups in total. The number of fused-ring (bicyclic) bond motifs is 1. The highest BCUT2D eigenvalue weighted by Crippen LogP contribution is 2.27. The average Bonchev–Trinajstić information content (AvgIpc) is 2.69. The average molecular weight is 355 g/mol. The number of nitrogens with zero attached hydrogens (tertiary/aromatic N) is 1. The van der Waals surface area contributed by atoms with Gasteiger partial charge in [0.05, 0.1) is 17.0 Å². The number of carbonyl (C=O) groups is 1. The monoisotopic (exact) mass is 355 g/mol. The van der Waals surface area contributed by atoms with Crippen molar-refractivity contribution in [3.05, 3.63) is 89.7 Å². The molecule has 3 aromatic carbocycles. The van der Waals surface area contributed by atoms with E-state index in [-0.39, 0.29) is 11.5 Å². The lowest BCUT2D eigenvalue weighted by Gasteiger charge is -2.18. The third-order valence-corrected chi connectivity index (χ3v) is 4.93. The molecule has 0 atom stereocenters. The minimum absolute atomic E-state index is 0.0198. The third-order valence-electron chi connectivity index (χ3n) is 4.93. The van der Waals surface area contributed by atoms with Gasteiger partial charge in [0.15, 0.2) is 5.78 Å². The first kappa shape index (κ1) is 17.2. The summed E-state index contributed by atoms with van der Waals surface area (Å²) < 4.78 is 0. The van der Waals surface area contributed by atoms with Crippen LogP contribution in [0.25, 0.3) is 10.8 Å². The number of benzene rings is 3.